The summed E-state index contributed by atoms with van der Waals surface area (Å²) in [5.41, 5.74) is 0. The Kier molecular flexibility index (Phi) is 5.56. The molecule has 1 unspecified atom stereocenters. The topological polar surface area (TPSA) is 29.1 Å². The zero-order valence-corrected chi connectivity index (χ0v) is 13.1. The molecule has 84 valence electrons. The van der Waals surface area contributed by atoms with Crippen LogP contribution in [0.5, 0.6) is 0 Å². The van der Waals surface area contributed by atoms with Crippen molar-refractivity contribution in [2.24, 2.45) is 5.92 Å². The summed E-state index contributed by atoms with van der Waals surface area (Å²) in [6.45, 7) is 4.24. The predicted octanol–water partition coefficient (Wildman–Crippen LogP) is 3.70. The first-order valence-electron chi connectivity index (χ1n) is 4.66. The lowest BCUT2D eigenvalue weighted by atomic mass is 10.1. The van der Waals surface area contributed by atoms with Crippen LogP contribution in [0.25, 0.3) is 0 Å². The van der Waals surface area contributed by atoms with Crippen molar-refractivity contribution in [1.29, 1.82) is 0 Å². The van der Waals surface area contributed by atoms with Crippen molar-refractivity contribution in [3.05, 3.63) is 20.8 Å². The molecule has 0 aliphatic rings. The Morgan fingerprint density at radius 3 is 2.73 bits per heavy atom. The molecule has 0 spiro atoms. The molecule has 2 nitrogen and oxygen atoms in total. The molecule has 1 amide bonds. The van der Waals surface area contributed by atoms with Gasteiger partial charge in [0, 0.05) is 14.9 Å². The largest absolute Gasteiger partial charge is 0.348 e. The van der Waals surface area contributed by atoms with E-state index >= 15 is 0 Å². The maximum Gasteiger partial charge on any atom is 0.262 e. The van der Waals surface area contributed by atoms with Crippen molar-refractivity contribution in [3.63, 3.8) is 0 Å². The van der Waals surface area contributed by atoms with Crippen LogP contribution < -0.4 is 5.32 Å². The van der Waals surface area contributed by atoms with Crippen molar-refractivity contribution in [1.82, 2.24) is 5.32 Å². The molecular weight excluding hydrogens is 389 g/mol. The lowest BCUT2D eigenvalue weighted by Gasteiger charge is -2.19. The average molecular weight is 402 g/mol. The Labute approximate surface area is 116 Å². The van der Waals surface area contributed by atoms with Crippen LogP contribution in [0.4, 0.5) is 0 Å². The zero-order valence-electron chi connectivity index (χ0n) is 8.59. The molecular formula is C10H13BrINOS. The second-order valence-electron chi connectivity index (χ2n) is 3.58. The molecule has 0 aliphatic carbocycles. The van der Waals surface area contributed by atoms with E-state index in [1.807, 2.05) is 11.4 Å². The summed E-state index contributed by atoms with van der Waals surface area (Å²) in [7, 11) is 0. The molecule has 0 saturated heterocycles. The number of hydrogen-bond acceptors (Lipinski definition) is 2. The van der Waals surface area contributed by atoms with Crippen molar-refractivity contribution in [3.8, 4) is 0 Å². The van der Waals surface area contributed by atoms with E-state index in [2.05, 4.69) is 57.7 Å². The third-order valence-corrected chi connectivity index (χ3v) is 4.90. The van der Waals surface area contributed by atoms with Crippen LogP contribution >= 0.6 is 49.9 Å². The van der Waals surface area contributed by atoms with Crippen LogP contribution in [-0.2, 0) is 0 Å². The molecule has 0 radical (unpaired) electrons. The molecule has 0 saturated carbocycles. The maximum absolute atomic E-state index is 11.9. The van der Waals surface area contributed by atoms with Gasteiger partial charge in [0.1, 0.15) is 4.88 Å². The number of halogens is 2. The zero-order chi connectivity index (χ0) is 11.4. The number of carbonyl (C=O) groups is 1. The molecule has 0 aliphatic heterocycles. The third-order valence-electron chi connectivity index (χ3n) is 2.11. The van der Waals surface area contributed by atoms with Gasteiger partial charge in [-0.25, -0.2) is 0 Å². The van der Waals surface area contributed by atoms with Gasteiger partial charge in [-0.1, -0.05) is 36.4 Å². The minimum atomic E-state index is 0.0206. The second-order valence-corrected chi connectivity index (χ2v) is 6.23. The Bertz CT molecular complexity index is 340. The van der Waals surface area contributed by atoms with E-state index in [-0.39, 0.29) is 11.9 Å². The maximum atomic E-state index is 11.9. The molecule has 0 bridgehead atoms. The lowest BCUT2D eigenvalue weighted by molar-refractivity contribution is 0.0935. The summed E-state index contributed by atoms with van der Waals surface area (Å²) in [5, 5.41) is 4.95. The number of nitrogens with one attached hydrogen (secondary N) is 1. The molecule has 1 rings (SSSR count). The van der Waals surface area contributed by atoms with Crippen LogP contribution in [0.2, 0.25) is 0 Å². The third kappa shape index (κ3) is 3.71. The van der Waals surface area contributed by atoms with Gasteiger partial charge < -0.3 is 5.32 Å². The standard InChI is InChI=1S/C10H13BrINOS/c1-6(2)8(5-12)13-10(14)9-7(11)3-4-15-9/h3-4,6,8H,5H2,1-2H3,(H,13,14). The highest BCUT2D eigenvalue weighted by Crippen LogP contribution is 2.22. The molecule has 0 aromatic carbocycles. The van der Waals surface area contributed by atoms with Crippen LogP contribution in [0, 0.1) is 5.92 Å². The van der Waals surface area contributed by atoms with Gasteiger partial charge in [-0.2, -0.15) is 0 Å². The fourth-order valence-electron chi connectivity index (χ4n) is 1.07. The number of thiophene rings is 1. The predicted molar refractivity (Wildman–Crippen MR) is 77.0 cm³/mol. The van der Waals surface area contributed by atoms with E-state index in [4.69, 9.17) is 0 Å². The van der Waals surface area contributed by atoms with Crippen molar-refractivity contribution < 1.29 is 4.79 Å². The van der Waals surface area contributed by atoms with Gasteiger partial charge in [0.25, 0.3) is 5.91 Å². The van der Waals surface area contributed by atoms with Crippen LogP contribution in [0.1, 0.15) is 23.5 Å². The normalized spacial score (nSPS) is 12.9. The first-order valence-corrected chi connectivity index (χ1v) is 7.86. The first-order chi connectivity index (χ1) is 7.06. The van der Waals surface area contributed by atoms with Gasteiger partial charge >= 0.3 is 0 Å². The molecule has 1 atom stereocenters. The average Bonchev–Trinajstić information content (AvgIpc) is 2.60. The van der Waals surface area contributed by atoms with Gasteiger partial charge in [-0.3, -0.25) is 4.79 Å². The monoisotopic (exact) mass is 401 g/mol. The SMILES string of the molecule is CC(C)C(CI)NC(=O)c1sccc1Br. The van der Waals surface area contributed by atoms with Gasteiger partial charge in [0.15, 0.2) is 0 Å². The Hall–Kier alpha value is 0.380. The van der Waals surface area contributed by atoms with Crippen molar-refractivity contribution >= 4 is 55.8 Å². The van der Waals surface area contributed by atoms with E-state index < -0.39 is 0 Å². The highest BCUT2D eigenvalue weighted by molar-refractivity contribution is 14.1. The fraction of sp³-hybridized carbons (Fsp3) is 0.500. The summed E-state index contributed by atoms with van der Waals surface area (Å²) in [4.78, 5) is 12.6. The van der Waals surface area contributed by atoms with Gasteiger partial charge in [-0.05, 0) is 33.3 Å². The Morgan fingerprint density at radius 2 is 2.33 bits per heavy atom. The van der Waals surface area contributed by atoms with E-state index in [1.165, 1.54) is 11.3 Å². The number of rotatable bonds is 4. The highest BCUT2D eigenvalue weighted by atomic mass is 127. The summed E-state index contributed by atoms with van der Waals surface area (Å²) >= 11 is 7.13. The second kappa shape index (κ2) is 6.20. The van der Waals surface area contributed by atoms with Crippen molar-refractivity contribution in [2.75, 3.05) is 4.43 Å². The quantitative estimate of drug-likeness (QED) is 0.604. The summed E-state index contributed by atoms with van der Waals surface area (Å²) in [6.07, 6.45) is 0. The van der Waals surface area contributed by atoms with Gasteiger partial charge in [0.05, 0.1) is 0 Å². The van der Waals surface area contributed by atoms with Gasteiger partial charge in [-0.15, -0.1) is 11.3 Å². The molecule has 1 aromatic rings. The number of hydrogen-bond donors (Lipinski definition) is 1. The number of alkyl halides is 1. The van der Waals surface area contributed by atoms with Crippen LogP contribution in [0.3, 0.4) is 0 Å². The van der Waals surface area contributed by atoms with Crippen molar-refractivity contribution in [2.45, 2.75) is 19.9 Å². The van der Waals surface area contributed by atoms with Crippen LogP contribution in [-0.4, -0.2) is 16.4 Å². The van der Waals surface area contributed by atoms with E-state index in [1.54, 1.807) is 0 Å². The van der Waals surface area contributed by atoms with E-state index in [0.717, 1.165) is 13.8 Å². The summed E-state index contributed by atoms with van der Waals surface area (Å²) < 4.78 is 1.81. The summed E-state index contributed by atoms with van der Waals surface area (Å²) in [6, 6.07) is 2.14. The minimum absolute atomic E-state index is 0.0206. The van der Waals surface area contributed by atoms with E-state index in [0.29, 0.717) is 5.92 Å². The Balaban J connectivity index is 2.67. The minimum Gasteiger partial charge on any atom is -0.348 e. The molecule has 0 fully saturated rings. The fourth-order valence-corrected chi connectivity index (χ4v) is 3.76. The lowest BCUT2D eigenvalue weighted by Crippen LogP contribution is -2.39. The first kappa shape index (κ1) is 13.4. The molecule has 1 N–H and O–H groups in total. The summed E-state index contributed by atoms with van der Waals surface area (Å²) in [5.74, 6) is 0.483. The van der Waals surface area contributed by atoms with E-state index in [9.17, 15) is 4.79 Å². The van der Waals surface area contributed by atoms with Gasteiger partial charge in [0.2, 0.25) is 0 Å². The molecule has 15 heavy (non-hydrogen) atoms. The number of amides is 1. The molecule has 1 heterocycles. The molecule has 5 heteroatoms. The number of carbonyl (C=O) groups excluding carboxylic acids is 1. The highest BCUT2D eigenvalue weighted by Gasteiger charge is 2.18. The smallest absolute Gasteiger partial charge is 0.262 e. The molecule has 1 aromatic heterocycles. The van der Waals surface area contributed by atoms with Crippen LogP contribution in [0.15, 0.2) is 15.9 Å². The Morgan fingerprint density at radius 1 is 1.67 bits per heavy atom.